The van der Waals surface area contributed by atoms with Gasteiger partial charge < -0.3 is 9.47 Å². The van der Waals surface area contributed by atoms with Crippen LogP contribution in [0.2, 0.25) is 0 Å². The van der Waals surface area contributed by atoms with Crippen LogP contribution in [0.4, 0.5) is 0 Å². The number of hydrogen-bond donors (Lipinski definition) is 0. The summed E-state index contributed by atoms with van der Waals surface area (Å²) in [6, 6.07) is 10.2. The molecule has 0 N–H and O–H groups in total. The lowest BCUT2D eigenvalue weighted by molar-refractivity contribution is -0.139. The summed E-state index contributed by atoms with van der Waals surface area (Å²) in [6.45, 7) is 4.42. The van der Waals surface area contributed by atoms with Gasteiger partial charge in [-0.2, -0.15) is 0 Å². The summed E-state index contributed by atoms with van der Waals surface area (Å²) in [5.74, 6) is -0.896. The fraction of sp³-hybridized carbons (Fsp3) is 0.444. The first-order valence-electron chi connectivity index (χ1n) is 7.59. The number of rotatable bonds is 6. The molecule has 0 spiro atoms. The third kappa shape index (κ3) is 4.45. The van der Waals surface area contributed by atoms with Crippen molar-refractivity contribution in [1.82, 2.24) is 0 Å². The van der Waals surface area contributed by atoms with E-state index in [0.29, 0.717) is 18.8 Å². The maximum atomic E-state index is 11.8. The molecule has 1 aliphatic heterocycles. The first-order chi connectivity index (χ1) is 10.5. The summed E-state index contributed by atoms with van der Waals surface area (Å²) < 4.78 is 10.1. The van der Waals surface area contributed by atoms with E-state index in [9.17, 15) is 9.59 Å². The van der Waals surface area contributed by atoms with E-state index in [-0.39, 0.29) is 0 Å². The molecule has 0 unspecified atom stereocenters. The van der Waals surface area contributed by atoms with Gasteiger partial charge in [0.05, 0.1) is 12.2 Å². The van der Waals surface area contributed by atoms with Crippen LogP contribution in [0.15, 0.2) is 42.0 Å². The monoisotopic (exact) mass is 302 g/mol. The first kappa shape index (κ1) is 16.3. The Hall–Kier alpha value is -2.10. The highest BCUT2D eigenvalue weighted by atomic mass is 16.5. The second-order valence-electron chi connectivity index (χ2n) is 6.13. The molecule has 22 heavy (non-hydrogen) atoms. The molecule has 1 aliphatic rings. The minimum absolute atomic E-state index is 0.308. The Balaban J connectivity index is 1.71. The number of carbonyl (C=O) groups is 2. The van der Waals surface area contributed by atoms with Crippen molar-refractivity contribution < 1.29 is 19.1 Å². The molecule has 1 aromatic carbocycles. The molecule has 0 aliphatic carbocycles. The summed E-state index contributed by atoms with van der Waals surface area (Å²) in [4.78, 5) is 23.3. The van der Waals surface area contributed by atoms with E-state index in [1.54, 1.807) is 0 Å². The molecule has 0 amide bonds. The maximum absolute atomic E-state index is 11.8. The van der Waals surface area contributed by atoms with E-state index in [1.807, 2.05) is 32.0 Å². The van der Waals surface area contributed by atoms with E-state index in [2.05, 4.69) is 12.1 Å². The molecule has 1 aromatic rings. The number of ether oxygens (including phenoxy) is 2. The predicted octanol–water partition coefficient (Wildman–Crippen LogP) is 3.06. The van der Waals surface area contributed by atoms with Gasteiger partial charge >= 0.3 is 11.9 Å². The summed E-state index contributed by atoms with van der Waals surface area (Å²) >= 11 is 0. The largest absolute Gasteiger partial charge is 0.463 e. The van der Waals surface area contributed by atoms with Crippen LogP contribution in [0.3, 0.4) is 0 Å². The second kappa shape index (κ2) is 7.25. The maximum Gasteiger partial charge on any atom is 0.334 e. The highest BCUT2D eigenvalue weighted by Gasteiger charge is 2.38. The van der Waals surface area contributed by atoms with Crippen molar-refractivity contribution in [1.29, 1.82) is 0 Å². The van der Waals surface area contributed by atoms with Crippen LogP contribution in [0.1, 0.15) is 32.3 Å². The summed E-state index contributed by atoms with van der Waals surface area (Å²) in [6.07, 6.45) is 4.00. The smallest absolute Gasteiger partial charge is 0.334 e. The van der Waals surface area contributed by atoms with Gasteiger partial charge in [0, 0.05) is 11.5 Å². The second-order valence-corrected chi connectivity index (χ2v) is 6.13. The molecule has 1 fully saturated rings. The van der Waals surface area contributed by atoms with E-state index in [0.717, 1.165) is 19.3 Å². The molecular weight excluding hydrogens is 280 g/mol. The summed E-state index contributed by atoms with van der Waals surface area (Å²) in [5.41, 5.74) is 1.25. The third-order valence-corrected chi connectivity index (χ3v) is 3.72. The minimum atomic E-state index is -0.471. The summed E-state index contributed by atoms with van der Waals surface area (Å²) in [7, 11) is 0. The lowest BCUT2D eigenvalue weighted by Crippen LogP contribution is -2.16. The van der Waals surface area contributed by atoms with Gasteiger partial charge in [0.25, 0.3) is 0 Å². The van der Waals surface area contributed by atoms with Gasteiger partial charge in [-0.1, -0.05) is 44.2 Å². The highest BCUT2D eigenvalue weighted by Crippen LogP contribution is 2.33. The number of unbranched alkanes of at least 4 members (excludes halogenated alkanes) is 1. The molecule has 1 saturated heterocycles. The lowest BCUT2D eigenvalue weighted by Gasteiger charge is -2.13. The Morgan fingerprint density at radius 1 is 1.27 bits per heavy atom. The Morgan fingerprint density at radius 3 is 2.64 bits per heavy atom. The molecule has 118 valence electrons. The molecule has 0 saturated carbocycles. The Bertz CT molecular complexity index is 558. The van der Waals surface area contributed by atoms with Gasteiger partial charge in [-0.05, 0) is 24.8 Å². The van der Waals surface area contributed by atoms with Crippen LogP contribution in [0, 0.1) is 5.41 Å². The number of aryl methyl sites for hydroxylation is 1. The van der Waals surface area contributed by atoms with Gasteiger partial charge in [0.1, 0.15) is 6.61 Å². The van der Waals surface area contributed by atoms with E-state index in [1.165, 1.54) is 11.6 Å². The number of cyclic esters (lactones) is 1. The van der Waals surface area contributed by atoms with Gasteiger partial charge in [-0.25, -0.2) is 9.59 Å². The normalized spacial score (nSPS) is 18.3. The Kier molecular flexibility index (Phi) is 5.36. The fourth-order valence-electron chi connectivity index (χ4n) is 2.34. The van der Waals surface area contributed by atoms with E-state index in [4.69, 9.17) is 9.47 Å². The molecule has 4 nitrogen and oxygen atoms in total. The SMILES string of the molecule is CC1(C)COC(=O)/C1=C\C(=O)OCCCCc1ccccc1. The van der Waals surface area contributed by atoms with Crippen LogP contribution < -0.4 is 0 Å². The topological polar surface area (TPSA) is 52.6 Å². The molecule has 0 aromatic heterocycles. The van der Waals surface area contributed by atoms with Crippen LogP contribution in [0.5, 0.6) is 0 Å². The van der Waals surface area contributed by atoms with Gasteiger partial charge in [-0.15, -0.1) is 0 Å². The molecule has 0 bridgehead atoms. The molecule has 1 heterocycles. The van der Waals surface area contributed by atoms with Crippen LogP contribution in [-0.2, 0) is 25.5 Å². The van der Waals surface area contributed by atoms with Gasteiger partial charge in [0.2, 0.25) is 0 Å². The van der Waals surface area contributed by atoms with Crippen molar-refractivity contribution >= 4 is 11.9 Å². The molecule has 2 rings (SSSR count). The standard InChI is InChI=1S/C18H22O4/c1-18(2)13-22-17(20)15(18)12-16(19)21-11-7-6-10-14-8-4-3-5-9-14/h3-5,8-9,12H,6-7,10-11,13H2,1-2H3/b15-12+. The van der Waals surface area contributed by atoms with Crippen LogP contribution in [-0.4, -0.2) is 25.2 Å². The Morgan fingerprint density at radius 2 is 2.00 bits per heavy atom. The summed E-state index contributed by atoms with van der Waals surface area (Å²) in [5, 5.41) is 0. The van der Waals surface area contributed by atoms with Crippen LogP contribution >= 0.6 is 0 Å². The molecule has 4 heteroatoms. The van der Waals surface area contributed by atoms with E-state index >= 15 is 0 Å². The van der Waals surface area contributed by atoms with Crippen molar-refractivity contribution in [2.24, 2.45) is 5.41 Å². The fourth-order valence-corrected chi connectivity index (χ4v) is 2.34. The predicted molar refractivity (Wildman–Crippen MR) is 83.2 cm³/mol. The van der Waals surface area contributed by atoms with Gasteiger partial charge in [-0.3, -0.25) is 0 Å². The van der Waals surface area contributed by atoms with Crippen molar-refractivity contribution in [2.45, 2.75) is 33.1 Å². The number of hydrogen-bond acceptors (Lipinski definition) is 4. The van der Waals surface area contributed by atoms with E-state index < -0.39 is 17.4 Å². The average Bonchev–Trinajstić information content (AvgIpc) is 2.75. The van der Waals surface area contributed by atoms with Crippen molar-refractivity contribution in [3.63, 3.8) is 0 Å². The average molecular weight is 302 g/mol. The first-order valence-corrected chi connectivity index (χ1v) is 7.59. The number of esters is 2. The highest BCUT2D eigenvalue weighted by molar-refractivity contribution is 5.98. The van der Waals surface area contributed by atoms with Crippen LogP contribution in [0.25, 0.3) is 0 Å². The zero-order valence-corrected chi connectivity index (χ0v) is 13.1. The van der Waals surface area contributed by atoms with Crippen molar-refractivity contribution in [3.05, 3.63) is 47.5 Å². The molecular formula is C18H22O4. The zero-order chi connectivity index (χ0) is 16.0. The minimum Gasteiger partial charge on any atom is -0.463 e. The van der Waals surface area contributed by atoms with Crippen molar-refractivity contribution in [3.8, 4) is 0 Å². The molecule has 0 radical (unpaired) electrons. The zero-order valence-electron chi connectivity index (χ0n) is 13.1. The lowest BCUT2D eigenvalue weighted by atomic mass is 9.87. The third-order valence-electron chi connectivity index (χ3n) is 3.72. The van der Waals surface area contributed by atoms with Crippen molar-refractivity contribution in [2.75, 3.05) is 13.2 Å². The number of carbonyl (C=O) groups excluding carboxylic acids is 2. The quantitative estimate of drug-likeness (QED) is 0.460. The molecule has 0 atom stereocenters. The number of benzene rings is 1. The Labute approximate surface area is 131 Å². The van der Waals surface area contributed by atoms with Gasteiger partial charge in [0.15, 0.2) is 0 Å².